The average molecular weight is 409 g/mol. The molecule has 0 aliphatic carbocycles. The molecule has 8 heteroatoms. The molecular weight excluding hydrogens is 386 g/mol. The Morgan fingerprint density at radius 2 is 1.97 bits per heavy atom. The molecule has 156 valence electrons. The highest BCUT2D eigenvalue weighted by Crippen LogP contribution is 2.31. The predicted octanol–water partition coefficient (Wildman–Crippen LogP) is 2.92. The molecular formula is C22H23N3O5. The molecule has 0 saturated carbocycles. The van der Waals surface area contributed by atoms with Gasteiger partial charge in [0, 0.05) is 6.20 Å². The topological polar surface area (TPSA) is 83.8 Å². The molecule has 1 unspecified atom stereocenters. The van der Waals surface area contributed by atoms with E-state index in [9.17, 15) is 4.79 Å². The lowest BCUT2D eigenvalue weighted by atomic mass is 10.1. The minimum absolute atomic E-state index is 0.145. The van der Waals surface area contributed by atoms with Crippen LogP contribution in [0.5, 0.6) is 23.0 Å². The molecule has 2 heterocycles. The maximum atomic E-state index is 12.4. The summed E-state index contributed by atoms with van der Waals surface area (Å²) in [5.41, 5.74) is 1.45. The summed E-state index contributed by atoms with van der Waals surface area (Å²) in [6, 6.07) is 13.0. The van der Waals surface area contributed by atoms with Gasteiger partial charge in [-0.05, 0) is 29.8 Å². The monoisotopic (exact) mass is 409 g/mol. The van der Waals surface area contributed by atoms with Crippen LogP contribution in [0.1, 0.15) is 5.56 Å². The van der Waals surface area contributed by atoms with Crippen LogP contribution in [-0.4, -0.2) is 42.6 Å². The molecule has 4 rings (SSSR count). The van der Waals surface area contributed by atoms with Crippen molar-refractivity contribution in [2.45, 2.75) is 19.1 Å². The Bertz CT molecular complexity index is 1030. The van der Waals surface area contributed by atoms with Crippen molar-refractivity contribution in [3.8, 4) is 23.0 Å². The summed E-state index contributed by atoms with van der Waals surface area (Å²) in [6.45, 7) is 0.956. The van der Waals surface area contributed by atoms with Crippen LogP contribution in [0.15, 0.2) is 54.9 Å². The first-order valence-corrected chi connectivity index (χ1v) is 9.56. The van der Waals surface area contributed by atoms with Gasteiger partial charge in [-0.1, -0.05) is 18.2 Å². The highest BCUT2D eigenvalue weighted by Gasteiger charge is 2.21. The Kier molecular flexibility index (Phi) is 5.74. The maximum Gasteiger partial charge on any atom is 0.228 e. The molecule has 1 amide bonds. The number of para-hydroxylation sites is 2. The second-order valence-electron chi connectivity index (χ2n) is 6.86. The molecule has 1 atom stereocenters. The third-order valence-corrected chi connectivity index (χ3v) is 4.69. The molecule has 8 nitrogen and oxygen atoms in total. The number of aromatic nitrogens is 2. The second-order valence-corrected chi connectivity index (χ2v) is 6.86. The number of benzene rings is 2. The van der Waals surface area contributed by atoms with Crippen LogP contribution in [0, 0.1) is 0 Å². The van der Waals surface area contributed by atoms with E-state index >= 15 is 0 Å². The predicted molar refractivity (Wildman–Crippen MR) is 110 cm³/mol. The van der Waals surface area contributed by atoms with E-state index in [1.807, 2.05) is 30.3 Å². The molecule has 1 aliphatic rings. The van der Waals surface area contributed by atoms with Crippen LogP contribution in [0.2, 0.25) is 0 Å². The van der Waals surface area contributed by atoms with E-state index in [4.69, 9.17) is 18.9 Å². The lowest BCUT2D eigenvalue weighted by Crippen LogP contribution is -2.33. The van der Waals surface area contributed by atoms with E-state index in [1.165, 1.54) is 0 Å². The standard InChI is InChI=1S/C22H23N3O5/c1-27-18-8-7-15(9-21(18)28-2)10-22(26)24-16-11-23-25(12-16)13-17-14-29-19-5-3-4-6-20(19)30-17/h3-9,11-12,17H,10,13-14H2,1-2H3,(H,24,26). The second kappa shape index (κ2) is 8.77. The first-order valence-electron chi connectivity index (χ1n) is 9.56. The number of amides is 1. The summed E-state index contributed by atoms with van der Waals surface area (Å²) in [4.78, 5) is 12.4. The summed E-state index contributed by atoms with van der Waals surface area (Å²) in [5.74, 6) is 2.54. The number of nitrogens with one attached hydrogen (secondary N) is 1. The summed E-state index contributed by atoms with van der Waals surface area (Å²) in [7, 11) is 3.14. The third-order valence-electron chi connectivity index (χ3n) is 4.69. The zero-order valence-electron chi connectivity index (χ0n) is 16.8. The zero-order valence-corrected chi connectivity index (χ0v) is 16.8. The number of fused-ring (bicyclic) bond motifs is 1. The number of anilines is 1. The number of ether oxygens (including phenoxy) is 4. The van der Waals surface area contributed by atoms with Gasteiger partial charge in [-0.2, -0.15) is 5.10 Å². The molecule has 1 N–H and O–H groups in total. The van der Waals surface area contributed by atoms with Crippen molar-refractivity contribution in [2.75, 3.05) is 26.1 Å². The normalized spacial score (nSPS) is 14.8. The number of carbonyl (C=O) groups excluding carboxylic acids is 1. The SMILES string of the molecule is COc1ccc(CC(=O)Nc2cnn(CC3COc4ccccc4O3)c2)cc1OC. The van der Waals surface area contributed by atoms with Crippen molar-refractivity contribution in [1.29, 1.82) is 0 Å². The molecule has 30 heavy (non-hydrogen) atoms. The van der Waals surface area contributed by atoms with Crippen molar-refractivity contribution in [2.24, 2.45) is 0 Å². The lowest BCUT2D eigenvalue weighted by molar-refractivity contribution is -0.115. The minimum Gasteiger partial charge on any atom is -0.493 e. The van der Waals surface area contributed by atoms with Crippen molar-refractivity contribution < 1.29 is 23.7 Å². The van der Waals surface area contributed by atoms with E-state index in [2.05, 4.69) is 10.4 Å². The van der Waals surface area contributed by atoms with Crippen molar-refractivity contribution in [1.82, 2.24) is 9.78 Å². The Hall–Kier alpha value is -3.68. The lowest BCUT2D eigenvalue weighted by Gasteiger charge is -2.26. The number of carbonyl (C=O) groups is 1. The van der Waals surface area contributed by atoms with Gasteiger partial charge in [0.2, 0.25) is 5.91 Å². The molecule has 0 radical (unpaired) electrons. The van der Waals surface area contributed by atoms with Gasteiger partial charge in [-0.25, -0.2) is 0 Å². The first kappa shape index (κ1) is 19.6. The van der Waals surface area contributed by atoms with Gasteiger partial charge in [-0.3, -0.25) is 9.48 Å². The Morgan fingerprint density at radius 3 is 2.77 bits per heavy atom. The number of hydrogen-bond acceptors (Lipinski definition) is 6. The van der Waals surface area contributed by atoms with Crippen LogP contribution >= 0.6 is 0 Å². The summed E-state index contributed by atoms with van der Waals surface area (Å²) in [5, 5.41) is 7.17. The van der Waals surface area contributed by atoms with Gasteiger partial charge < -0.3 is 24.3 Å². The van der Waals surface area contributed by atoms with E-state index in [0.717, 1.165) is 17.1 Å². The van der Waals surface area contributed by atoms with Gasteiger partial charge in [0.1, 0.15) is 6.61 Å². The van der Waals surface area contributed by atoms with Gasteiger partial charge in [0.05, 0.1) is 39.1 Å². The molecule has 3 aromatic rings. The smallest absolute Gasteiger partial charge is 0.228 e. The molecule has 2 aromatic carbocycles. The quantitative estimate of drug-likeness (QED) is 0.646. The summed E-state index contributed by atoms with van der Waals surface area (Å²) >= 11 is 0. The van der Waals surface area contributed by atoms with Crippen molar-refractivity contribution in [3.05, 3.63) is 60.4 Å². The largest absolute Gasteiger partial charge is 0.493 e. The molecule has 0 bridgehead atoms. The Morgan fingerprint density at radius 1 is 1.17 bits per heavy atom. The van der Waals surface area contributed by atoms with Crippen LogP contribution < -0.4 is 24.3 Å². The number of hydrogen-bond donors (Lipinski definition) is 1. The van der Waals surface area contributed by atoms with Gasteiger partial charge in [0.15, 0.2) is 29.1 Å². The molecule has 0 fully saturated rings. The van der Waals surface area contributed by atoms with Crippen LogP contribution in [-0.2, 0) is 17.8 Å². The zero-order chi connectivity index (χ0) is 20.9. The Labute approximate surface area is 174 Å². The fraction of sp³-hybridized carbons (Fsp3) is 0.273. The van der Waals surface area contributed by atoms with Crippen LogP contribution in [0.3, 0.4) is 0 Å². The summed E-state index contributed by atoms with van der Waals surface area (Å²) < 4.78 is 23.9. The highest BCUT2D eigenvalue weighted by molar-refractivity contribution is 5.92. The fourth-order valence-electron chi connectivity index (χ4n) is 3.27. The third kappa shape index (κ3) is 4.48. The summed E-state index contributed by atoms with van der Waals surface area (Å²) in [6.07, 6.45) is 3.44. The number of nitrogens with zero attached hydrogens (tertiary/aromatic N) is 2. The first-order chi connectivity index (χ1) is 14.6. The highest BCUT2D eigenvalue weighted by atomic mass is 16.6. The molecule has 1 aliphatic heterocycles. The van der Waals surface area contributed by atoms with E-state index in [-0.39, 0.29) is 18.4 Å². The van der Waals surface area contributed by atoms with E-state index in [0.29, 0.717) is 30.3 Å². The molecule has 0 saturated heterocycles. The van der Waals surface area contributed by atoms with Crippen LogP contribution in [0.25, 0.3) is 0 Å². The number of methoxy groups -OCH3 is 2. The van der Waals surface area contributed by atoms with E-state index < -0.39 is 0 Å². The number of rotatable bonds is 7. The maximum absolute atomic E-state index is 12.4. The van der Waals surface area contributed by atoms with Gasteiger partial charge in [0.25, 0.3) is 0 Å². The van der Waals surface area contributed by atoms with Crippen molar-refractivity contribution >= 4 is 11.6 Å². The van der Waals surface area contributed by atoms with Crippen molar-refractivity contribution in [3.63, 3.8) is 0 Å². The fourth-order valence-corrected chi connectivity index (χ4v) is 3.27. The van der Waals surface area contributed by atoms with Gasteiger partial charge >= 0.3 is 0 Å². The van der Waals surface area contributed by atoms with E-state index in [1.54, 1.807) is 43.4 Å². The van der Waals surface area contributed by atoms with Crippen LogP contribution in [0.4, 0.5) is 5.69 Å². The Balaban J connectivity index is 1.33. The molecule has 1 aromatic heterocycles. The minimum atomic E-state index is -0.157. The average Bonchev–Trinajstić information content (AvgIpc) is 3.19. The van der Waals surface area contributed by atoms with Gasteiger partial charge in [-0.15, -0.1) is 0 Å². The molecule has 0 spiro atoms.